The molecular weight excluding hydrogens is 360 g/mol. The van der Waals surface area contributed by atoms with Gasteiger partial charge in [0.1, 0.15) is 0 Å². The number of amides is 1. The molecule has 1 aliphatic heterocycles. The fourth-order valence-corrected chi connectivity index (χ4v) is 3.96. The van der Waals surface area contributed by atoms with Crippen molar-refractivity contribution in [3.63, 3.8) is 0 Å². The second-order valence-electron chi connectivity index (χ2n) is 8.29. The molecule has 1 fully saturated rings. The minimum absolute atomic E-state index is 0.182. The third kappa shape index (κ3) is 7.06. The Kier molecular flexibility index (Phi) is 9.49. The predicted molar refractivity (Wildman–Crippen MR) is 122 cm³/mol. The molecule has 2 rings (SSSR count). The first-order valence-corrected chi connectivity index (χ1v) is 11.4. The summed E-state index contributed by atoms with van der Waals surface area (Å²) in [4.78, 5) is 19.5. The summed E-state index contributed by atoms with van der Waals surface area (Å²) in [6, 6.07) is 9.04. The lowest BCUT2D eigenvalue weighted by atomic mass is 9.98. The molecule has 0 aliphatic carbocycles. The van der Waals surface area contributed by atoms with Crippen LogP contribution in [0.25, 0.3) is 0 Å². The van der Waals surface area contributed by atoms with Crippen LogP contribution >= 0.6 is 0 Å². The number of hydrogen-bond donors (Lipinski definition) is 2. The molecule has 0 radical (unpaired) electrons. The minimum Gasteiger partial charge on any atom is -0.357 e. The molecule has 0 saturated carbocycles. The molecule has 162 valence electrons. The van der Waals surface area contributed by atoms with E-state index in [1.54, 1.807) is 0 Å². The van der Waals surface area contributed by atoms with Crippen molar-refractivity contribution in [1.29, 1.82) is 0 Å². The van der Waals surface area contributed by atoms with Gasteiger partial charge in [0.05, 0.1) is 0 Å². The molecule has 0 bridgehead atoms. The van der Waals surface area contributed by atoms with Crippen LogP contribution in [0.5, 0.6) is 0 Å². The van der Waals surface area contributed by atoms with Gasteiger partial charge in [0.2, 0.25) is 5.91 Å². The third-order valence-electron chi connectivity index (χ3n) is 5.96. The highest BCUT2D eigenvalue weighted by molar-refractivity contribution is 5.80. The Balaban J connectivity index is 1.89. The quantitative estimate of drug-likeness (QED) is 0.511. The van der Waals surface area contributed by atoms with Crippen LogP contribution in [0, 0.1) is 12.8 Å². The summed E-state index contributed by atoms with van der Waals surface area (Å²) in [6.07, 6.45) is 3.82. The second kappa shape index (κ2) is 11.8. The molecule has 2 N–H and O–H groups in total. The molecule has 5 heteroatoms. The van der Waals surface area contributed by atoms with E-state index in [9.17, 15) is 4.79 Å². The van der Waals surface area contributed by atoms with Crippen molar-refractivity contribution in [2.45, 2.75) is 72.3 Å². The van der Waals surface area contributed by atoms with Gasteiger partial charge in [-0.3, -0.25) is 9.79 Å². The number of benzene rings is 1. The van der Waals surface area contributed by atoms with Crippen LogP contribution in [0.15, 0.2) is 29.3 Å². The van der Waals surface area contributed by atoms with E-state index >= 15 is 0 Å². The zero-order valence-corrected chi connectivity index (χ0v) is 19.0. The van der Waals surface area contributed by atoms with Crippen molar-refractivity contribution in [3.05, 3.63) is 35.4 Å². The first kappa shape index (κ1) is 23.2. The molecule has 1 aromatic rings. The molecule has 1 unspecified atom stereocenters. The smallest absolute Gasteiger partial charge is 0.225 e. The maximum atomic E-state index is 12.6. The first-order valence-electron chi connectivity index (χ1n) is 11.4. The molecule has 1 saturated heterocycles. The highest BCUT2D eigenvalue weighted by Crippen LogP contribution is 2.18. The van der Waals surface area contributed by atoms with Crippen molar-refractivity contribution in [2.75, 3.05) is 26.2 Å². The lowest BCUT2D eigenvalue weighted by Gasteiger charge is -2.35. The number of carbonyl (C=O) groups excluding carboxylic acids is 1. The van der Waals surface area contributed by atoms with E-state index in [-0.39, 0.29) is 5.92 Å². The summed E-state index contributed by atoms with van der Waals surface area (Å²) >= 11 is 0. The number of likely N-dealkylation sites (tertiary alicyclic amines) is 1. The first-order chi connectivity index (χ1) is 14.0. The number of piperidine rings is 1. The maximum Gasteiger partial charge on any atom is 0.225 e. The maximum absolute atomic E-state index is 12.6. The van der Waals surface area contributed by atoms with E-state index < -0.39 is 0 Å². The fraction of sp³-hybridized carbons (Fsp3) is 0.667. The van der Waals surface area contributed by atoms with Gasteiger partial charge in [-0.1, -0.05) is 50.6 Å². The van der Waals surface area contributed by atoms with Gasteiger partial charge < -0.3 is 15.5 Å². The Bertz CT molecular complexity index is 661. The van der Waals surface area contributed by atoms with E-state index in [1.165, 1.54) is 11.1 Å². The van der Waals surface area contributed by atoms with Crippen LogP contribution in [-0.4, -0.2) is 49.0 Å². The van der Waals surface area contributed by atoms with Crippen molar-refractivity contribution < 1.29 is 4.79 Å². The molecule has 5 nitrogen and oxygen atoms in total. The van der Waals surface area contributed by atoms with E-state index in [0.29, 0.717) is 17.9 Å². The molecule has 29 heavy (non-hydrogen) atoms. The summed E-state index contributed by atoms with van der Waals surface area (Å²) in [5, 5.41) is 6.97. The van der Waals surface area contributed by atoms with Gasteiger partial charge >= 0.3 is 0 Å². The largest absolute Gasteiger partial charge is 0.357 e. The fourth-order valence-electron chi connectivity index (χ4n) is 3.96. The highest BCUT2D eigenvalue weighted by atomic mass is 16.2. The standard InChI is InChI=1S/C24H40N4O/c1-6-20(7-2)23(29)28-14-12-22(13-15-28)27-24(25-8-3)26-17-19(5)21-11-9-10-18(4)16-21/h9-11,16,19-20,22H,6-8,12-15,17H2,1-5H3,(H2,25,26,27). The summed E-state index contributed by atoms with van der Waals surface area (Å²) < 4.78 is 0. The van der Waals surface area contributed by atoms with Crippen LogP contribution in [-0.2, 0) is 4.79 Å². The van der Waals surface area contributed by atoms with E-state index in [4.69, 9.17) is 4.99 Å². The number of aryl methyl sites for hydroxylation is 1. The van der Waals surface area contributed by atoms with Crippen molar-refractivity contribution in [3.8, 4) is 0 Å². The molecule has 0 spiro atoms. The Morgan fingerprint density at radius 1 is 1.21 bits per heavy atom. The second-order valence-corrected chi connectivity index (χ2v) is 8.29. The van der Waals surface area contributed by atoms with Crippen LogP contribution in [0.4, 0.5) is 0 Å². The van der Waals surface area contributed by atoms with Crippen LogP contribution in [0.2, 0.25) is 0 Å². The minimum atomic E-state index is 0.182. The average molecular weight is 401 g/mol. The number of carbonyl (C=O) groups is 1. The number of guanidine groups is 1. The zero-order chi connectivity index (χ0) is 21.2. The zero-order valence-electron chi connectivity index (χ0n) is 19.0. The molecule has 1 heterocycles. The molecule has 1 amide bonds. The third-order valence-corrected chi connectivity index (χ3v) is 5.96. The Labute approximate surface area is 177 Å². The normalized spacial score (nSPS) is 16.8. The molecular formula is C24H40N4O. The van der Waals surface area contributed by atoms with Crippen LogP contribution in [0.1, 0.15) is 70.4 Å². The summed E-state index contributed by atoms with van der Waals surface area (Å²) in [7, 11) is 0. The monoisotopic (exact) mass is 400 g/mol. The van der Waals surface area contributed by atoms with Crippen molar-refractivity contribution in [1.82, 2.24) is 15.5 Å². The van der Waals surface area contributed by atoms with Gasteiger partial charge in [-0.15, -0.1) is 0 Å². The van der Waals surface area contributed by atoms with E-state index in [2.05, 4.69) is 74.4 Å². The van der Waals surface area contributed by atoms with Gasteiger partial charge in [-0.05, 0) is 45.1 Å². The number of nitrogens with zero attached hydrogens (tertiary/aromatic N) is 2. The topological polar surface area (TPSA) is 56.7 Å². The van der Waals surface area contributed by atoms with Crippen molar-refractivity contribution >= 4 is 11.9 Å². The van der Waals surface area contributed by atoms with Gasteiger partial charge in [-0.2, -0.15) is 0 Å². The summed E-state index contributed by atoms with van der Waals surface area (Å²) in [6.45, 7) is 13.9. The summed E-state index contributed by atoms with van der Waals surface area (Å²) in [5.41, 5.74) is 2.62. The van der Waals surface area contributed by atoms with E-state index in [0.717, 1.165) is 57.8 Å². The molecule has 1 atom stereocenters. The highest BCUT2D eigenvalue weighted by Gasteiger charge is 2.26. The lowest BCUT2D eigenvalue weighted by molar-refractivity contribution is -0.136. The average Bonchev–Trinajstić information content (AvgIpc) is 2.73. The number of hydrogen-bond acceptors (Lipinski definition) is 2. The van der Waals surface area contributed by atoms with Gasteiger partial charge in [0.25, 0.3) is 0 Å². The Morgan fingerprint density at radius 2 is 1.90 bits per heavy atom. The van der Waals surface area contributed by atoms with Gasteiger partial charge in [0, 0.05) is 44.1 Å². The SMILES string of the molecule is CCNC(=NCC(C)c1cccc(C)c1)NC1CCN(C(=O)C(CC)CC)CC1. The number of nitrogens with one attached hydrogen (secondary N) is 2. The molecule has 0 aromatic heterocycles. The van der Waals surface area contributed by atoms with Gasteiger partial charge in [-0.25, -0.2) is 0 Å². The number of aliphatic imine (C=N–C) groups is 1. The summed E-state index contributed by atoms with van der Waals surface area (Å²) in [5.74, 6) is 1.78. The number of rotatable bonds is 8. The molecule has 1 aliphatic rings. The molecule has 1 aromatic carbocycles. The predicted octanol–water partition coefficient (Wildman–Crippen LogP) is 4.08. The van der Waals surface area contributed by atoms with E-state index in [1.807, 2.05) is 0 Å². The lowest BCUT2D eigenvalue weighted by Crippen LogP contribution is -2.50. The van der Waals surface area contributed by atoms with Crippen LogP contribution in [0.3, 0.4) is 0 Å². The van der Waals surface area contributed by atoms with Gasteiger partial charge in [0.15, 0.2) is 5.96 Å². The van der Waals surface area contributed by atoms with Crippen molar-refractivity contribution in [2.24, 2.45) is 10.9 Å². The van der Waals surface area contributed by atoms with Crippen LogP contribution < -0.4 is 10.6 Å². The Hall–Kier alpha value is -2.04. The Morgan fingerprint density at radius 3 is 2.48 bits per heavy atom.